The van der Waals surface area contributed by atoms with E-state index in [-0.39, 0.29) is 0 Å². The first-order valence-electron chi connectivity index (χ1n) is 2.67. The largest absolute Gasteiger partial charge is 0.328 e. The zero-order valence-corrected chi connectivity index (χ0v) is 5.07. The molecular weight excluding hydrogens is 88.1 g/mol. The molecule has 1 atom stereocenters. The van der Waals surface area contributed by atoms with Crippen LogP contribution in [0.3, 0.4) is 0 Å². The molecule has 44 valence electrons. The molecule has 0 rings (SSSR count). The number of rotatable bonds is 3. The molecule has 0 aliphatic rings. The van der Waals surface area contributed by atoms with Crippen LogP contribution in [0.15, 0.2) is 0 Å². The maximum Gasteiger partial charge on any atom is 0.00225 e. The molecule has 0 aliphatic heterocycles. The van der Waals surface area contributed by atoms with Gasteiger partial charge in [-0.15, -0.1) is 0 Å². The van der Waals surface area contributed by atoms with E-state index in [0.717, 1.165) is 13.0 Å². The highest BCUT2D eigenvalue weighted by Crippen LogP contribution is 1.79. The lowest BCUT2D eigenvalue weighted by atomic mass is 10.2. The van der Waals surface area contributed by atoms with Crippen LogP contribution in [-0.4, -0.2) is 19.6 Å². The van der Waals surface area contributed by atoms with Crippen LogP contribution in [0.5, 0.6) is 0 Å². The third-order valence-electron chi connectivity index (χ3n) is 0.850. The molecule has 0 fully saturated rings. The molecule has 7 heavy (non-hydrogen) atoms. The molecule has 1 unspecified atom stereocenters. The summed E-state index contributed by atoms with van der Waals surface area (Å²) in [6.07, 6.45) is 1.07. The van der Waals surface area contributed by atoms with E-state index in [0.29, 0.717) is 6.04 Å². The summed E-state index contributed by atoms with van der Waals surface area (Å²) in [6.45, 7) is 3.04. The highest BCUT2D eigenvalue weighted by Gasteiger charge is 1.88. The standard InChI is InChI=1S/C5H14N2/c1-5(6)3-4-7-2/h5,7H,3-4,6H2,1-2H3. The third kappa shape index (κ3) is 5.92. The van der Waals surface area contributed by atoms with Crippen LogP contribution in [0.4, 0.5) is 0 Å². The van der Waals surface area contributed by atoms with Crippen molar-refractivity contribution in [3.63, 3.8) is 0 Å². The summed E-state index contributed by atoms with van der Waals surface area (Å²) in [6, 6.07) is 0.340. The summed E-state index contributed by atoms with van der Waals surface area (Å²) in [5.74, 6) is 0. The molecule has 0 heterocycles. The molecule has 0 radical (unpaired) electrons. The van der Waals surface area contributed by atoms with E-state index in [1.165, 1.54) is 0 Å². The van der Waals surface area contributed by atoms with Crippen molar-refractivity contribution in [1.29, 1.82) is 0 Å². The van der Waals surface area contributed by atoms with Gasteiger partial charge in [0.05, 0.1) is 0 Å². The van der Waals surface area contributed by atoms with Gasteiger partial charge in [-0.05, 0) is 26.9 Å². The van der Waals surface area contributed by atoms with E-state index in [1.807, 2.05) is 14.0 Å². The molecule has 0 aromatic heterocycles. The molecule has 0 saturated heterocycles. The van der Waals surface area contributed by atoms with Crippen LogP contribution in [0.25, 0.3) is 0 Å². The van der Waals surface area contributed by atoms with E-state index in [2.05, 4.69) is 5.32 Å². The molecule has 2 heteroatoms. The van der Waals surface area contributed by atoms with Crippen LogP contribution >= 0.6 is 0 Å². The predicted octanol–water partition coefficient (Wildman–Crippen LogP) is -0.0569. The van der Waals surface area contributed by atoms with Gasteiger partial charge in [-0.1, -0.05) is 0 Å². The molecule has 0 saturated carbocycles. The maximum atomic E-state index is 5.44. The van der Waals surface area contributed by atoms with Gasteiger partial charge >= 0.3 is 0 Å². The van der Waals surface area contributed by atoms with Crippen LogP contribution in [0.1, 0.15) is 13.3 Å². The van der Waals surface area contributed by atoms with Crippen molar-refractivity contribution in [3.05, 3.63) is 0 Å². The van der Waals surface area contributed by atoms with Gasteiger partial charge in [-0.2, -0.15) is 0 Å². The van der Waals surface area contributed by atoms with E-state index >= 15 is 0 Å². The van der Waals surface area contributed by atoms with Gasteiger partial charge in [0, 0.05) is 6.04 Å². The lowest BCUT2D eigenvalue weighted by Gasteiger charge is -2.00. The lowest BCUT2D eigenvalue weighted by Crippen LogP contribution is -2.21. The van der Waals surface area contributed by atoms with Crippen molar-refractivity contribution in [1.82, 2.24) is 5.32 Å². The lowest BCUT2D eigenvalue weighted by molar-refractivity contribution is 0.627. The van der Waals surface area contributed by atoms with Crippen molar-refractivity contribution in [2.45, 2.75) is 19.4 Å². The fourth-order valence-corrected chi connectivity index (χ4v) is 0.372. The smallest absolute Gasteiger partial charge is 0.00225 e. The van der Waals surface area contributed by atoms with Crippen molar-refractivity contribution >= 4 is 0 Å². The Hall–Kier alpha value is -0.0800. The summed E-state index contributed by atoms with van der Waals surface area (Å²) < 4.78 is 0. The second-order valence-electron chi connectivity index (χ2n) is 1.87. The first kappa shape index (κ1) is 6.92. The van der Waals surface area contributed by atoms with Crippen molar-refractivity contribution in [3.8, 4) is 0 Å². The van der Waals surface area contributed by atoms with Gasteiger partial charge < -0.3 is 11.1 Å². The van der Waals surface area contributed by atoms with Crippen LogP contribution in [0, 0.1) is 0 Å². The number of nitrogens with one attached hydrogen (secondary N) is 1. The molecule has 0 amide bonds. The monoisotopic (exact) mass is 102 g/mol. The second-order valence-corrected chi connectivity index (χ2v) is 1.87. The molecular formula is C5H14N2. The average molecular weight is 102 g/mol. The molecule has 0 spiro atoms. The fourth-order valence-electron chi connectivity index (χ4n) is 0.372. The van der Waals surface area contributed by atoms with Gasteiger partial charge in [-0.3, -0.25) is 0 Å². The third-order valence-corrected chi connectivity index (χ3v) is 0.850. The van der Waals surface area contributed by atoms with Crippen molar-refractivity contribution in [2.75, 3.05) is 13.6 Å². The Balaban J connectivity index is 2.68. The van der Waals surface area contributed by atoms with E-state index < -0.39 is 0 Å². The van der Waals surface area contributed by atoms with Crippen LogP contribution in [0.2, 0.25) is 0 Å². The first-order chi connectivity index (χ1) is 3.27. The summed E-state index contributed by atoms with van der Waals surface area (Å²) in [7, 11) is 1.93. The maximum absolute atomic E-state index is 5.44. The van der Waals surface area contributed by atoms with Crippen molar-refractivity contribution in [2.24, 2.45) is 5.73 Å². The van der Waals surface area contributed by atoms with Gasteiger partial charge in [0.1, 0.15) is 0 Å². The Morgan fingerprint density at radius 1 is 1.71 bits per heavy atom. The zero-order valence-electron chi connectivity index (χ0n) is 5.07. The van der Waals surface area contributed by atoms with Crippen molar-refractivity contribution < 1.29 is 0 Å². The van der Waals surface area contributed by atoms with E-state index in [9.17, 15) is 0 Å². The second kappa shape index (κ2) is 4.09. The van der Waals surface area contributed by atoms with E-state index in [1.54, 1.807) is 0 Å². The molecule has 0 aliphatic carbocycles. The minimum absolute atomic E-state index is 0.340. The SMILES string of the molecule is CNCCC(C)N. The molecule has 0 bridgehead atoms. The zero-order chi connectivity index (χ0) is 5.70. The van der Waals surface area contributed by atoms with Crippen LogP contribution in [-0.2, 0) is 0 Å². The highest BCUT2D eigenvalue weighted by molar-refractivity contribution is 4.52. The van der Waals surface area contributed by atoms with E-state index in [4.69, 9.17) is 5.73 Å². The van der Waals surface area contributed by atoms with Gasteiger partial charge in [-0.25, -0.2) is 0 Å². The fraction of sp³-hybridized carbons (Fsp3) is 1.00. The number of nitrogens with two attached hydrogens (primary N) is 1. The minimum atomic E-state index is 0.340. The predicted molar refractivity (Wildman–Crippen MR) is 32.2 cm³/mol. The summed E-state index contributed by atoms with van der Waals surface area (Å²) in [5.41, 5.74) is 5.44. The molecule has 2 nitrogen and oxygen atoms in total. The summed E-state index contributed by atoms with van der Waals surface area (Å²) in [5, 5.41) is 3.02. The Bertz CT molecular complexity index is 35.1. The van der Waals surface area contributed by atoms with Gasteiger partial charge in [0.25, 0.3) is 0 Å². The molecule has 0 aromatic rings. The Kier molecular flexibility index (Phi) is 4.04. The Labute approximate surface area is 45.1 Å². The summed E-state index contributed by atoms with van der Waals surface area (Å²) >= 11 is 0. The number of hydrogen-bond acceptors (Lipinski definition) is 2. The normalized spacial score (nSPS) is 14.1. The topological polar surface area (TPSA) is 38.0 Å². The number of hydrogen-bond donors (Lipinski definition) is 2. The summed E-state index contributed by atoms with van der Waals surface area (Å²) in [4.78, 5) is 0. The molecule has 0 aromatic carbocycles. The van der Waals surface area contributed by atoms with Gasteiger partial charge in [0.15, 0.2) is 0 Å². The van der Waals surface area contributed by atoms with Gasteiger partial charge in [0.2, 0.25) is 0 Å². The highest BCUT2D eigenvalue weighted by atomic mass is 14.8. The van der Waals surface area contributed by atoms with Crippen LogP contribution < -0.4 is 11.1 Å². The first-order valence-corrected chi connectivity index (χ1v) is 2.67. The Morgan fingerprint density at radius 3 is 2.43 bits per heavy atom. The minimum Gasteiger partial charge on any atom is -0.328 e. The Morgan fingerprint density at radius 2 is 2.29 bits per heavy atom. The average Bonchev–Trinajstić information content (AvgIpc) is 1.61. The quantitative estimate of drug-likeness (QED) is 0.524. The molecule has 3 N–H and O–H groups in total.